The first kappa shape index (κ1) is 8.77. The van der Waals surface area contributed by atoms with Gasteiger partial charge in [0.15, 0.2) is 0 Å². The molecular weight excluding hydrogens is 210 g/mol. The number of carbonyl (C=O) groups is 1. The number of hydrogen-bond acceptors (Lipinski definition) is 4. The fourth-order valence-electron chi connectivity index (χ4n) is 1.07. The number of amides is 1. The van der Waals surface area contributed by atoms with Crippen molar-refractivity contribution in [1.82, 2.24) is 9.97 Å². The van der Waals surface area contributed by atoms with E-state index in [9.17, 15) is 4.79 Å². The van der Waals surface area contributed by atoms with Crippen LogP contribution < -0.4 is 5.32 Å². The number of hydrogen-bond donors (Lipinski definition) is 1. The van der Waals surface area contributed by atoms with Gasteiger partial charge < -0.3 is 5.32 Å². The minimum absolute atomic E-state index is 0.0217. The Morgan fingerprint density at radius 2 is 2.31 bits per heavy atom. The standard InChI is InChI=1S/C7H6ClN3OS/c1-3-5-6(11-7(8)9-3)13-2-4(12)10-5/h2H2,1H3,(H,10,12). The fourth-order valence-corrected chi connectivity index (χ4v) is 2.17. The van der Waals surface area contributed by atoms with Crippen molar-refractivity contribution in [3.63, 3.8) is 0 Å². The Morgan fingerprint density at radius 1 is 1.54 bits per heavy atom. The summed E-state index contributed by atoms with van der Waals surface area (Å²) < 4.78 is 0. The van der Waals surface area contributed by atoms with Crippen LogP contribution >= 0.6 is 23.4 Å². The zero-order valence-electron chi connectivity index (χ0n) is 6.80. The van der Waals surface area contributed by atoms with E-state index < -0.39 is 0 Å². The predicted octanol–water partition coefficient (Wildman–Crippen LogP) is 1.48. The van der Waals surface area contributed by atoms with Crippen molar-refractivity contribution in [2.75, 3.05) is 11.1 Å². The van der Waals surface area contributed by atoms with Crippen LogP contribution in [0.4, 0.5) is 5.69 Å². The Labute approximate surface area is 84.1 Å². The fraction of sp³-hybridized carbons (Fsp3) is 0.286. The van der Waals surface area contributed by atoms with Gasteiger partial charge in [-0.15, -0.1) is 0 Å². The van der Waals surface area contributed by atoms with E-state index in [1.54, 1.807) is 6.92 Å². The molecule has 1 N–H and O–H groups in total. The van der Waals surface area contributed by atoms with E-state index in [4.69, 9.17) is 11.6 Å². The lowest BCUT2D eigenvalue weighted by molar-refractivity contribution is -0.113. The normalized spacial score (nSPS) is 15.1. The largest absolute Gasteiger partial charge is 0.322 e. The van der Waals surface area contributed by atoms with Crippen molar-refractivity contribution in [2.24, 2.45) is 0 Å². The van der Waals surface area contributed by atoms with E-state index in [-0.39, 0.29) is 11.2 Å². The molecule has 13 heavy (non-hydrogen) atoms. The van der Waals surface area contributed by atoms with Crippen LogP contribution in [0, 0.1) is 6.92 Å². The average molecular weight is 216 g/mol. The molecule has 0 unspecified atom stereocenters. The number of halogens is 1. The number of aromatic nitrogens is 2. The van der Waals surface area contributed by atoms with Crippen LogP contribution in [0.15, 0.2) is 5.03 Å². The highest BCUT2D eigenvalue weighted by molar-refractivity contribution is 8.00. The van der Waals surface area contributed by atoms with E-state index >= 15 is 0 Å². The molecule has 0 saturated heterocycles. The molecule has 0 bridgehead atoms. The van der Waals surface area contributed by atoms with Crippen molar-refractivity contribution in [1.29, 1.82) is 0 Å². The van der Waals surface area contributed by atoms with Crippen LogP contribution in [0.2, 0.25) is 5.28 Å². The Bertz CT molecular complexity index is 382. The van der Waals surface area contributed by atoms with Crippen LogP contribution in [0.1, 0.15) is 5.69 Å². The molecule has 0 spiro atoms. The van der Waals surface area contributed by atoms with Crippen molar-refractivity contribution in [3.8, 4) is 0 Å². The zero-order chi connectivity index (χ0) is 9.42. The van der Waals surface area contributed by atoms with Crippen molar-refractivity contribution < 1.29 is 4.79 Å². The van der Waals surface area contributed by atoms with Crippen LogP contribution in [0.25, 0.3) is 0 Å². The van der Waals surface area contributed by atoms with Gasteiger partial charge in [-0.05, 0) is 18.5 Å². The van der Waals surface area contributed by atoms with Gasteiger partial charge >= 0.3 is 0 Å². The maximum atomic E-state index is 11.0. The number of nitrogens with zero attached hydrogens (tertiary/aromatic N) is 2. The second-order valence-corrected chi connectivity index (χ2v) is 3.90. The molecule has 0 saturated carbocycles. The van der Waals surface area contributed by atoms with Crippen LogP contribution in [0.5, 0.6) is 0 Å². The lowest BCUT2D eigenvalue weighted by Crippen LogP contribution is -2.20. The lowest BCUT2D eigenvalue weighted by Gasteiger charge is -2.16. The van der Waals surface area contributed by atoms with Crippen LogP contribution in [-0.4, -0.2) is 21.6 Å². The van der Waals surface area contributed by atoms with E-state index in [0.717, 1.165) is 5.03 Å². The van der Waals surface area contributed by atoms with Gasteiger partial charge in [0.2, 0.25) is 11.2 Å². The zero-order valence-corrected chi connectivity index (χ0v) is 8.37. The van der Waals surface area contributed by atoms with Gasteiger partial charge in [-0.25, -0.2) is 9.97 Å². The number of nitrogens with one attached hydrogen (secondary N) is 1. The van der Waals surface area contributed by atoms with Crippen molar-refractivity contribution in [2.45, 2.75) is 11.9 Å². The highest BCUT2D eigenvalue weighted by Crippen LogP contribution is 2.31. The maximum absolute atomic E-state index is 11.0. The number of thioether (sulfide) groups is 1. The Morgan fingerprint density at radius 3 is 3.08 bits per heavy atom. The van der Waals surface area contributed by atoms with E-state index in [1.807, 2.05) is 0 Å². The third kappa shape index (κ3) is 1.62. The SMILES string of the molecule is Cc1nc(Cl)nc2c1NC(=O)CS2. The molecular formula is C7H6ClN3OS. The molecule has 1 amide bonds. The number of carbonyl (C=O) groups excluding carboxylic acids is 1. The molecule has 1 aromatic heterocycles. The van der Waals surface area contributed by atoms with Gasteiger partial charge in [-0.2, -0.15) is 0 Å². The van der Waals surface area contributed by atoms with Crippen LogP contribution in [0.3, 0.4) is 0 Å². The van der Waals surface area contributed by atoms with E-state index in [1.165, 1.54) is 11.8 Å². The minimum atomic E-state index is -0.0217. The molecule has 1 aliphatic heterocycles. The summed E-state index contributed by atoms with van der Waals surface area (Å²) in [7, 11) is 0. The van der Waals surface area contributed by atoms with E-state index in [0.29, 0.717) is 17.1 Å². The first-order valence-electron chi connectivity index (χ1n) is 3.63. The van der Waals surface area contributed by atoms with Gasteiger partial charge in [0.25, 0.3) is 0 Å². The molecule has 0 aliphatic carbocycles. The summed E-state index contributed by atoms with van der Waals surface area (Å²) in [4.78, 5) is 19.0. The molecule has 0 radical (unpaired) electrons. The number of aryl methyl sites for hydroxylation is 1. The number of fused-ring (bicyclic) bond motifs is 1. The Hall–Kier alpha value is -0.810. The molecule has 0 aromatic carbocycles. The Balaban J connectivity index is 2.53. The van der Waals surface area contributed by atoms with Gasteiger partial charge in [0, 0.05) is 0 Å². The summed E-state index contributed by atoms with van der Waals surface area (Å²) in [6, 6.07) is 0. The first-order chi connectivity index (χ1) is 6.16. The summed E-state index contributed by atoms with van der Waals surface area (Å²) in [6.45, 7) is 1.79. The monoisotopic (exact) mass is 215 g/mol. The third-order valence-corrected chi connectivity index (χ3v) is 2.78. The van der Waals surface area contributed by atoms with Gasteiger partial charge in [-0.1, -0.05) is 11.8 Å². The Kier molecular flexibility index (Phi) is 2.13. The number of anilines is 1. The van der Waals surface area contributed by atoms with Crippen molar-refractivity contribution >= 4 is 35.0 Å². The highest BCUT2D eigenvalue weighted by Gasteiger charge is 2.19. The number of rotatable bonds is 0. The maximum Gasteiger partial charge on any atom is 0.234 e. The first-order valence-corrected chi connectivity index (χ1v) is 5.00. The third-order valence-electron chi connectivity index (χ3n) is 1.63. The average Bonchev–Trinajstić information content (AvgIpc) is 2.06. The topological polar surface area (TPSA) is 54.9 Å². The van der Waals surface area contributed by atoms with Crippen molar-refractivity contribution in [3.05, 3.63) is 11.0 Å². The van der Waals surface area contributed by atoms with Crippen LogP contribution in [-0.2, 0) is 4.79 Å². The summed E-state index contributed by atoms with van der Waals surface area (Å²) in [5, 5.41) is 3.68. The summed E-state index contributed by atoms with van der Waals surface area (Å²) >= 11 is 7.05. The molecule has 1 aliphatic rings. The molecule has 2 heterocycles. The minimum Gasteiger partial charge on any atom is -0.322 e. The molecule has 6 heteroatoms. The molecule has 0 atom stereocenters. The summed E-state index contributed by atoms with van der Waals surface area (Å²) in [5.41, 5.74) is 1.39. The molecule has 2 rings (SSSR count). The van der Waals surface area contributed by atoms with Gasteiger partial charge in [-0.3, -0.25) is 4.79 Å². The quantitative estimate of drug-likeness (QED) is 0.526. The molecule has 4 nitrogen and oxygen atoms in total. The predicted molar refractivity (Wildman–Crippen MR) is 51.1 cm³/mol. The van der Waals surface area contributed by atoms with E-state index in [2.05, 4.69) is 15.3 Å². The molecule has 0 fully saturated rings. The lowest BCUT2D eigenvalue weighted by atomic mass is 10.3. The van der Waals surface area contributed by atoms with Gasteiger partial charge in [0.1, 0.15) is 5.03 Å². The highest BCUT2D eigenvalue weighted by atomic mass is 35.5. The molecule has 1 aromatic rings. The summed E-state index contributed by atoms with van der Waals surface area (Å²) in [6.07, 6.45) is 0. The smallest absolute Gasteiger partial charge is 0.234 e. The van der Waals surface area contributed by atoms with Gasteiger partial charge in [0.05, 0.1) is 17.1 Å². The second-order valence-electron chi connectivity index (χ2n) is 2.60. The summed E-state index contributed by atoms with van der Waals surface area (Å²) in [5.74, 6) is 0.367. The second kappa shape index (κ2) is 3.16. The molecule has 68 valence electrons.